The van der Waals surface area contributed by atoms with E-state index in [9.17, 15) is 13.2 Å². The Labute approximate surface area is 117 Å². The molecule has 1 fully saturated rings. The average molecular weight is 302 g/mol. The first-order valence-electron chi connectivity index (χ1n) is 6.24. The van der Waals surface area contributed by atoms with Crippen LogP contribution in [0, 0.1) is 0 Å². The molecule has 1 aromatic carbocycles. The molecule has 0 radical (unpaired) electrons. The van der Waals surface area contributed by atoms with Crippen molar-refractivity contribution in [2.24, 2.45) is 0 Å². The molecular weight excluding hydrogens is 286 g/mol. The summed E-state index contributed by atoms with van der Waals surface area (Å²) in [4.78, 5) is 13.3. The SMILES string of the molecule is CCCc1ccc(N2CC(S(=O)(=O)Cl)CC2=O)cc1. The lowest BCUT2D eigenvalue weighted by atomic mass is 10.1. The van der Waals surface area contributed by atoms with Crippen LogP contribution in [0.1, 0.15) is 25.3 Å². The summed E-state index contributed by atoms with van der Waals surface area (Å²) in [5.74, 6) is -0.197. The second kappa shape index (κ2) is 5.51. The fourth-order valence-electron chi connectivity index (χ4n) is 2.24. The van der Waals surface area contributed by atoms with E-state index in [0.717, 1.165) is 18.5 Å². The molecular formula is C13H16ClNO3S. The van der Waals surface area contributed by atoms with E-state index in [2.05, 4.69) is 6.92 Å². The highest BCUT2D eigenvalue weighted by atomic mass is 35.7. The molecule has 4 nitrogen and oxygen atoms in total. The van der Waals surface area contributed by atoms with Gasteiger partial charge in [0.2, 0.25) is 15.0 Å². The summed E-state index contributed by atoms with van der Waals surface area (Å²) in [6.45, 7) is 2.24. The van der Waals surface area contributed by atoms with E-state index < -0.39 is 14.3 Å². The van der Waals surface area contributed by atoms with Crippen LogP contribution in [0.3, 0.4) is 0 Å². The van der Waals surface area contributed by atoms with Gasteiger partial charge < -0.3 is 4.90 Å². The van der Waals surface area contributed by atoms with Crippen molar-refractivity contribution < 1.29 is 13.2 Å². The Balaban J connectivity index is 2.16. The van der Waals surface area contributed by atoms with Gasteiger partial charge >= 0.3 is 0 Å². The van der Waals surface area contributed by atoms with Gasteiger partial charge in [0, 0.05) is 29.3 Å². The summed E-state index contributed by atoms with van der Waals surface area (Å²) in [7, 11) is 1.63. The van der Waals surface area contributed by atoms with Crippen LogP contribution in [-0.4, -0.2) is 26.1 Å². The van der Waals surface area contributed by atoms with Gasteiger partial charge in [0.05, 0.1) is 0 Å². The molecule has 0 aromatic heterocycles. The van der Waals surface area contributed by atoms with Gasteiger partial charge in [-0.1, -0.05) is 25.5 Å². The highest BCUT2D eigenvalue weighted by Gasteiger charge is 2.37. The molecule has 1 aromatic rings. The number of carbonyl (C=O) groups excluding carboxylic acids is 1. The first-order chi connectivity index (χ1) is 8.91. The van der Waals surface area contributed by atoms with Crippen LogP contribution in [0.15, 0.2) is 24.3 Å². The fourth-order valence-corrected chi connectivity index (χ4v) is 3.27. The summed E-state index contributed by atoms with van der Waals surface area (Å²) in [6, 6.07) is 7.64. The van der Waals surface area contributed by atoms with Gasteiger partial charge in [-0.3, -0.25) is 4.79 Å². The average Bonchev–Trinajstić information content (AvgIpc) is 2.73. The predicted molar refractivity (Wildman–Crippen MR) is 76.0 cm³/mol. The van der Waals surface area contributed by atoms with Crippen molar-refractivity contribution >= 4 is 31.3 Å². The highest BCUT2D eigenvalue weighted by Crippen LogP contribution is 2.27. The van der Waals surface area contributed by atoms with Crippen LogP contribution < -0.4 is 4.90 Å². The molecule has 1 unspecified atom stereocenters. The number of benzene rings is 1. The Morgan fingerprint density at radius 3 is 2.42 bits per heavy atom. The first-order valence-corrected chi connectivity index (χ1v) is 8.62. The summed E-state index contributed by atoms with van der Waals surface area (Å²) in [5.41, 5.74) is 1.94. The Kier molecular flexibility index (Phi) is 4.16. The Morgan fingerprint density at radius 1 is 1.32 bits per heavy atom. The van der Waals surface area contributed by atoms with Crippen molar-refractivity contribution in [2.75, 3.05) is 11.4 Å². The quantitative estimate of drug-likeness (QED) is 0.802. The molecule has 0 bridgehead atoms. The van der Waals surface area contributed by atoms with Gasteiger partial charge in [-0.25, -0.2) is 8.42 Å². The van der Waals surface area contributed by atoms with Crippen LogP contribution in [0.4, 0.5) is 5.69 Å². The molecule has 1 amide bonds. The zero-order valence-corrected chi connectivity index (χ0v) is 12.2. The second-order valence-electron chi connectivity index (χ2n) is 4.72. The molecule has 6 heteroatoms. The lowest BCUT2D eigenvalue weighted by molar-refractivity contribution is -0.117. The number of rotatable bonds is 4. The second-order valence-corrected chi connectivity index (χ2v) is 7.63. The van der Waals surface area contributed by atoms with E-state index in [-0.39, 0.29) is 18.9 Å². The van der Waals surface area contributed by atoms with Crippen LogP contribution >= 0.6 is 10.7 Å². The smallest absolute Gasteiger partial charge is 0.237 e. The first kappa shape index (κ1) is 14.3. The fraction of sp³-hybridized carbons (Fsp3) is 0.462. The van der Waals surface area contributed by atoms with Crippen LogP contribution in [0.2, 0.25) is 0 Å². The van der Waals surface area contributed by atoms with E-state index in [4.69, 9.17) is 10.7 Å². The number of nitrogens with zero attached hydrogens (tertiary/aromatic N) is 1. The topological polar surface area (TPSA) is 54.5 Å². The van der Waals surface area contributed by atoms with Crippen molar-refractivity contribution in [1.29, 1.82) is 0 Å². The number of anilines is 1. The van der Waals surface area contributed by atoms with E-state index in [1.807, 2.05) is 24.3 Å². The third-order valence-corrected chi connectivity index (χ3v) is 5.14. The molecule has 1 atom stereocenters. The largest absolute Gasteiger partial charge is 0.311 e. The van der Waals surface area contributed by atoms with Crippen LogP contribution in [-0.2, 0) is 20.3 Å². The Bertz CT molecular complexity index is 568. The van der Waals surface area contributed by atoms with Gasteiger partial charge in [-0.15, -0.1) is 0 Å². The van der Waals surface area contributed by atoms with Gasteiger partial charge in [0.1, 0.15) is 5.25 Å². The molecule has 104 valence electrons. The minimum absolute atomic E-state index is 0.0391. The maximum absolute atomic E-state index is 11.8. The van der Waals surface area contributed by atoms with Gasteiger partial charge in [-0.2, -0.15) is 0 Å². The zero-order chi connectivity index (χ0) is 14.0. The Morgan fingerprint density at radius 2 is 1.95 bits per heavy atom. The van der Waals surface area contributed by atoms with Gasteiger partial charge in [-0.05, 0) is 24.1 Å². The molecule has 1 aliphatic rings. The van der Waals surface area contributed by atoms with E-state index in [1.165, 1.54) is 10.5 Å². The van der Waals surface area contributed by atoms with Crippen molar-refractivity contribution in [3.8, 4) is 0 Å². The molecule has 0 aliphatic carbocycles. The van der Waals surface area contributed by atoms with Gasteiger partial charge in [0.25, 0.3) is 0 Å². The van der Waals surface area contributed by atoms with Gasteiger partial charge in [0.15, 0.2) is 0 Å². The number of halogens is 1. The normalized spacial score (nSPS) is 20.0. The van der Waals surface area contributed by atoms with Crippen molar-refractivity contribution in [3.63, 3.8) is 0 Å². The van der Waals surface area contributed by atoms with E-state index in [1.54, 1.807) is 0 Å². The third-order valence-electron chi connectivity index (χ3n) is 3.27. The predicted octanol–water partition coefficient (Wildman–Crippen LogP) is 2.31. The lowest BCUT2D eigenvalue weighted by Crippen LogP contribution is -2.26. The maximum Gasteiger partial charge on any atom is 0.237 e. The van der Waals surface area contributed by atoms with Crippen LogP contribution in [0.25, 0.3) is 0 Å². The minimum Gasteiger partial charge on any atom is -0.311 e. The van der Waals surface area contributed by atoms with E-state index in [0.29, 0.717) is 0 Å². The summed E-state index contributed by atoms with van der Waals surface area (Å²) in [5, 5.41) is -0.808. The molecule has 2 rings (SSSR count). The number of amides is 1. The van der Waals surface area contributed by atoms with Crippen molar-refractivity contribution in [3.05, 3.63) is 29.8 Å². The molecule has 0 spiro atoms. The number of aryl methyl sites for hydroxylation is 1. The minimum atomic E-state index is -3.68. The number of carbonyl (C=O) groups is 1. The molecule has 0 saturated carbocycles. The lowest BCUT2D eigenvalue weighted by Gasteiger charge is -2.16. The third kappa shape index (κ3) is 3.28. The number of hydrogen-bond donors (Lipinski definition) is 0. The van der Waals surface area contributed by atoms with Crippen molar-refractivity contribution in [2.45, 2.75) is 31.4 Å². The zero-order valence-electron chi connectivity index (χ0n) is 10.7. The highest BCUT2D eigenvalue weighted by molar-refractivity contribution is 8.14. The number of hydrogen-bond acceptors (Lipinski definition) is 3. The summed E-state index contributed by atoms with van der Waals surface area (Å²) >= 11 is 0. The summed E-state index contributed by atoms with van der Waals surface area (Å²) in [6.07, 6.45) is 2.02. The molecule has 1 saturated heterocycles. The van der Waals surface area contributed by atoms with E-state index >= 15 is 0 Å². The van der Waals surface area contributed by atoms with Crippen molar-refractivity contribution in [1.82, 2.24) is 0 Å². The monoisotopic (exact) mass is 301 g/mol. The molecule has 19 heavy (non-hydrogen) atoms. The van der Waals surface area contributed by atoms with Crippen LogP contribution in [0.5, 0.6) is 0 Å². The Hall–Kier alpha value is -1.07. The molecule has 1 heterocycles. The molecule has 1 aliphatic heterocycles. The summed E-state index contributed by atoms with van der Waals surface area (Å²) < 4.78 is 22.6. The standard InChI is InChI=1S/C13H16ClNO3S/c1-2-3-10-4-6-11(7-5-10)15-9-12(8-13(15)16)19(14,17)18/h4-7,12H,2-3,8-9H2,1H3. The molecule has 0 N–H and O–H groups in total. The maximum atomic E-state index is 11.8.